The van der Waals surface area contributed by atoms with Crippen LogP contribution < -0.4 is 0 Å². The van der Waals surface area contributed by atoms with Crippen LogP contribution in [0.5, 0.6) is 0 Å². The van der Waals surface area contributed by atoms with Gasteiger partial charge in [-0.15, -0.1) is 0 Å². The Balaban J connectivity index is 0.000000791. The van der Waals surface area contributed by atoms with Crippen molar-refractivity contribution in [2.24, 2.45) is 0 Å². The van der Waals surface area contributed by atoms with Gasteiger partial charge in [-0.2, -0.15) is 0 Å². The molecular weight excluding hydrogens is 247 g/mol. The Labute approximate surface area is 93.4 Å². The van der Waals surface area contributed by atoms with E-state index in [4.69, 9.17) is 4.74 Å². The molecule has 0 heterocycles. The van der Waals surface area contributed by atoms with Crippen molar-refractivity contribution >= 4 is 15.9 Å². The van der Waals surface area contributed by atoms with Crippen LogP contribution in [0.15, 0.2) is 22.7 Å². The second kappa shape index (κ2) is 7.94. The fraction of sp³-hybridized carbons (Fsp3) is 0.455. The first-order valence-electron chi connectivity index (χ1n) is 4.75. The monoisotopic (exact) mass is 262 g/mol. The van der Waals surface area contributed by atoms with Gasteiger partial charge >= 0.3 is 0 Å². The number of rotatable bonds is 3. The molecule has 0 unspecified atom stereocenters. The Morgan fingerprint density at radius 3 is 2.50 bits per heavy atom. The first-order valence-corrected chi connectivity index (χ1v) is 5.55. The summed E-state index contributed by atoms with van der Waals surface area (Å²) in [7, 11) is 0. The van der Waals surface area contributed by atoms with Crippen molar-refractivity contribution < 1.29 is 9.13 Å². The van der Waals surface area contributed by atoms with Gasteiger partial charge in [0.2, 0.25) is 0 Å². The Bertz CT molecular complexity index is 263. The molecule has 14 heavy (non-hydrogen) atoms. The number of benzene rings is 1. The number of hydrogen-bond acceptors (Lipinski definition) is 1. The fourth-order valence-corrected chi connectivity index (χ4v) is 1.28. The van der Waals surface area contributed by atoms with Crippen LogP contribution in [-0.2, 0) is 11.3 Å². The maximum atomic E-state index is 12.7. The minimum absolute atomic E-state index is 0.241. The maximum Gasteiger partial charge on any atom is 0.137 e. The number of hydrogen-bond donors (Lipinski definition) is 0. The van der Waals surface area contributed by atoms with Gasteiger partial charge in [-0.1, -0.05) is 19.9 Å². The van der Waals surface area contributed by atoms with E-state index in [-0.39, 0.29) is 5.82 Å². The lowest BCUT2D eigenvalue weighted by molar-refractivity contribution is 0.134. The largest absolute Gasteiger partial charge is 0.377 e. The molecule has 0 aromatic heterocycles. The van der Waals surface area contributed by atoms with E-state index in [0.29, 0.717) is 17.7 Å². The molecule has 1 aromatic rings. The molecule has 1 nitrogen and oxygen atoms in total. The Morgan fingerprint density at radius 1 is 1.36 bits per heavy atom. The zero-order chi connectivity index (χ0) is 11.0. The van der Waals surface area contributed by atoms with Gasteiger partial charge in [0.25, 0.3) is 0 Å². The van der Waals surface area contributed by atoms with Crippen molar-refractivity contribution in [3.63, 3.8) is 0 Å². The molecule has 3 heteroatoms. The van der Waals surface area contributed by atoms with Gasteiger partial charge in [-0.3, -0.25) is 0 Å². The summed E-state index contributed by atoms with van der Waals surface area (Å²) < 4.78 is 18.4. The average molecular weight is 263 g/mol. The standard InChI is InChI=1S/C9H10BrFO.C2H6/c1-2-12-6-7-3-4-9(11)8(10)5-7;1-2/h3-5H,2,6H2,1H3;1-2H3. The molecule has 0 N–H and O–H groups in total. The zero-order valence-electron chi connectivity index (χ0n) is 8.81. The summed E-state index contributed by atoms with van der Waals surface area (Å²) >= 11 is 3.11. The van der Waals surface area contributed by atoms with E-state index in [1.54, 1.807) is 12.1 Å². The molecule has 1 rings (SSSR count). The van der Waals surface area contributed by atoms with Crippen LogP contribution in [0.4, 0.5) is 4.39 Å². The molecule has 0 saturated heterocycles. The van der Waals surface area contributed by atoms with Crippen LogP contribution in [0.2, 0.25) is 0 Å². The average Bonchev–Trinajstić information content (AvgIpc) is 2.23. The number of ether oxygens (including phenoxy) is 1. The van der Waals surface area contributed by atoms with E-state index in [2.05, 4.69) is 15.9 Å². The third-order valence-electron chi connectivity index (χ3n) is 1.46. The molecule has 0 aliphatic carbocycles. The molecular formula is C11H16BrFO. The van der Waals surface area contributed by atoms with E-state index < -0.39 is 0 Å². The molecule has 0 saturated carbocycles. The van der Waals surface area contributed by atoms with Gasteiger partial charge in [0.05, 0.1) is 11.1 Å². The van der Waals surface area contributed by atoms with Crippen LogP contribution in [0.3, 0.4) is 0 Å². The van der Waals surface area contributed by atoms with Crippen molar-refractivity contribution in [3.05, 3.63) is 34.1 Å². The van der Waals surface area contributed by atoms with E-state index in [1.807, 2.05) is 20.8 Å². The topological polar surface area (TPSA) is 9.23 Å². The lowest BCUT2D eigenvalue weighted by atomic mass is 10.2. The Hall–Kier alpha value is -0.410. The summed E-state index contributed by atoms with van der Waals surface area (Å²) in [5.74, 6) is -0.241. The van der Waals surface area contributed by atoms with E-state index in [0.717, 1.165) is 5.56 Å². The first-order chi connectivity index (χ1) is 6.74. The third-order valence-corrected chi connectivity index (χ3v) is 2.06. The molecule has 0 bridgehead atoms. The highest BCUT2D eigenvalue weighted by atomic mass is 79.9. The Morgan fingerprint density at radius 2 is 2.00 bits per heavy atom. The summed E-state index contributed by atoms with van der Waals surface area (Å²) in [6.07, 6.45) is 0. The van der Waals surface area contributed by atoms with E-state index in [9.17, 15) is 4.39 Å². The minimum atomic E-state index is -0.241. The summed E-state index contributed by atoms with van der Waals surface area (Å²) in [6, 6.07) is 4.87. The highest BCUT2D eigenvalue weighted by Crippen LogP contribution is 2.17. The predicted molar refractivity (Wildman–Crippen MR) is 60.8 cm³/mol. The van der Waals surface area contributed by atoms with Gasteiger partial charge in [0, 0.05) is 6.61 Å². The molecule has 0 aliphatic rings. The van der Waals surface area contributed by atoms with Gasteiger partial charge in [-0.05, 0) is 40.5 Å². The van der Waals surface area contributed by atoms with Crippen molar-refractivity contribution in [1.82, 2.24) is 0 Å². The fourth-order valence-electron chi connectivity index (χ4n) is 0.849. The quantitative estimate of drug-likeness (QED) is 0.795. The van der Waals surface area contributed by atoms with Crippen LogP contribution >= 0.6 is 15.9 Å². The summed E-state index contributed by atoms with van der Waals surface area (Å²) in [5.41, 5.74) is 0.977. The minimum Gasteiger partial charge on any atom is -0.377 e. The van der Waals surface area contributed by atoms with Gasteiger partial charge in [-0.25, -0.2) is 4.39 Å². The molecule has 0 fully saturated rings. The van der Waals surface area contributed by atoms with Crippen molar-refractivity contribution in [2.75, 3.05) is 6.61 Å². The highest BCUT2D eigenvalue weighted by Gasteiger charge is 1.99. The van der Waals surface area contributed by atoms with Crippen molar-refractivity contribution in [3.8, 4) is 0 Å². The van der Waals surface area contributed by atoms with E-state index >= 15 is 0 Å². The predicted octanol–water partition coefficient (Wildman–Crippen LogP) is 4.15. The van der Waals surface area contributed by atoms with Crippen molar-refractivity contribution in [2.45, 2.75) is 27.4 Å². The van der Waals surface area contributed by atoms with E-state index in [1.165, 1.54) is 6.07 Å². The van der Waals surface area contributed by atoms with Crippen molar-refractivity contribution in [1.29, 1.82) is 0 Å². The van der Waals surface area contributed by atoms with Crippen LogP contribution in [0.1, 0.15) is 26.3 Å². The molecule has 0 amide bonds. The molecule has 0 atom stereocenters. The van der Waals surface area contributed by atoms with Gasteiger partial charge in [0.15, 0.2) is 0 Å². The highest BCUT2D eigenvalue weighted by molar-refractivity contribution is 9.10. The zero-order valence-corrected chi connectivity index (χ0v) is 10.4. The molecule has 1 aromatic carbocycles. The van der Waals surface area contributed by atoms with Gasteiger partial charge < -0.3 is 4.74 Å². The van der Waals surface area contributed by atoms with Crippen LogP contribution in [0.25, 0.3) is 0 Å². The second-order valence-electron chi connectivity index (χ2n) is 2.39. The number of halogens is 2. The molecule has 0 aliphatic heterocycles. The second-order valence-corrected chi connectivity index (χ2v) is 3.24. The normalized spacial score (nSPS) is 9.21. The summed E-state index contributed by atoms with van der Waals surface area (Å²) in [4.78, 5) is 0. The smallest absolute Gasteiger partial charge is 0.137 e. The lowest BCUT2D eigenvalue weighted by Gasteiger charge is -2.02. The third kappa shape index (κ3) is 4.72. The molecule has 80 valence electrons. The molecule has 0 spiro atoms. The Kier molecular flexibility index (Phi) is 7.71. The van der Waals surface area contributed by atoms with Crippen LogP contribution in [0, 0.1) is 5.82 Å². The van der Waals surface area contributed by atoms with Gasteiger partial charge in [0.1, 0.15) is 5.82 Å². The summed E-state index contributed by atoms with van der Waals surface area (Å²) in [6.45, 7) is 7.14. The summed E-state index contributed by atoms with van der Waals surface area (Å²) in [5, 5.41) is 0. The lowest BCUT2D eigenvalue weighted by Crippen LogP contribution is -1.92. The maximum absolute atomic E-state index is 12.7. The van der Waals surface area contributed by atoms with Crippen LogP contribution in [-0.4, -0.2) is 6.61 Å². The SMILES string of the molecule is CC.CCOCc1ccc(F)c(Br)c1. The first kappa shape index (κ1) is 13.6. The molecule has 0 radical (unpaired) electrons.